The van der Waals surface area contributed by atoms with Gasteiger partial charge in [-0.15, -0.1) is 0 Å². The number of halogens is 3. The molecule has 9 heteroatoms. The predicted octanol–water partition coefficient (Wildman–Crippen LogP) is 4.96. The SMILES string of the molecule is Cc1cc2[nH]c3c(c2cc1C(F)(F)F)CCN(C(=O)Nc1n[nH]c2ccccc12)C3. The Hall–Kier alpha value is -3.49. The number of fused-ring (bicyclic) bond motifs is 4. The molecule has 3 heterocycles. The highest BCUT2D eigenvalue weighted by molar-refractivity contribution is 5.99. The summed E-state index contributed by atoms with van der Waals surface area (Å²) in [7, 11) is 0. The van der Waals surface area contributed by atoms with Crippen LogP contribution in [-0.4, -0.2) is 32.7 Å². The molecular weight excluding hydrogens is 395 g/mol. The number of anilines is 1. The van der Waals surface area contributed by atoms with Gasteiger partial charge in [-0.1, -0.05) is 12.1 Å². The standard InChI is InChI=1S/C21H18F3N5O/c1-11-8-17-14(9-15(11)21(22,23)24)12-6-7-29(10-18(12)25-17)20(30)26-19-13-4-2-3-5-16(13)27-28-19/h2-5,8-9,25H,6-7,10H2,1H3,(H2,26,27,28,30). The zero-order chi connectivity index (χ0) is 21.0. The Balaban J connectivity index is 1.42. The van der Waals surface area contributed by atoms with Crippen molar-refractivity contribution in [2.75, 3.05) is 11.9 Å². The second-order valence-electron chi connectivity index (χ2n) is 7.51. The minimum Gasteiger partial charge on any atom is -0.357 e. The topological polar surface area (TPSA) is 76.8 Å². The van der Waals surface area contributed by atoms with E-state index >= 15 is 0 Å². The van der Waals surface area contributed by atoms with E-state index in [4.69, 9.17) is 0 Å². The quantitative estimate of drug-likeness (QED) is 0.412. The summed E-state index contributed by atoms with van der Waals surface area (Å²) in [6, 6.07) is 9.90. The highest BCUT2D eigenvalue weighted by atomic mass is 19.4. The molecule has 0 saturated carbocycles. The Morgan fingerprint density at radius 3 is 2.77 bits per heavy atom. The third kappa shape index (κ3) is 2.97. The highest BCUT2D eigenvalue weighted by Gasteiger charge is 2.34. The smallest absolute Gasteiger partial charge is 0.357 e. The summed E-state index contributed by atoms with van der Waals surface area (Å²) >= 11 is 0. The number of rotatable bonds is 1. The van der Waals surface area contributed by atoms with Gasteiger partial charge in [-0.3, -0.25) is 10.4 Å². The molecule has 1 aliphatic heterocycles. The molecule has 2 amide bonds. The van der Waals surface area contributed by atoms with E-state index in [2.05, 4.69) is 20.5 Å². The molecule has 3 N–H and O–H groups in total. The normalized spacial score (nSPS) is 14.3. The number of hydrogen-bond donors (Lipinski definition) is 3. The number of carbonyl (C=O) groups excluding carboxylic acids is 1. The van der Waals surface area contributed by atoms with E-state index in [9.17, 15) is 18.0 Å². The number of urea groups is 1. The molecule has 0 bridgehead atoms. The van der Waals surface area contributed by atoms with E-state index in [1.54, 1.807) is 4.90 Å². The van der Waals surface area contributed by atoms with Crippen molar-refractivity contribution in [2.24, 2.45) is 0 Å². The molecule has 0 aliphatic carbocycles. The van der Waals surface area contributed by atoms with Gasteiger partial charge in [-0.2, -0.15) is 18.3 Å². The molecule has 2 aromatic carbocycles. The van der Waals surface area contributed by atoms with Crippen LogP contribution in [0.15, 0.2) is 36.4 Å². The van der Waals surface area contributed by atoms with Crippen molar-refractivity contribution in [1.82, 2.24) is 20.1 Å². The van der Waals surface area contributed by atoms with Crippen LogP contribution in [0.1, 0.15) is 22.4 Å². The Kier molecular flexibility index (Phi) is 4.02. The van der Waals surface area contributed by atoms with Crippen LogP contribution in [-0.2, 0) is 19.1 Å². The van der Waals surface area contributed by atoms with Gasteiger partial charge in [0.2, 0.25) is 0 Å². The number of para-hydroxylation sites is 1. The van der Waals surface area contributed by atoms with Crippen molar-refractivity contribution < 1.29 is 18.0 Å². The average Bonchev–Trinajstić information content (AvgIpc) is 3.26. The van der Waals surface area contributed by atoms with Crippen molar-refractivity contribution in [3.63, 3.8) is 0 Å². The fourth-order valence-electron chi connectivity index (χ4n) is 4.12. The van der Waals surface area contributed by atoms with Crippen LogP contribution in [0.3, 0.4) is 0 Å². The third-order valence-corrected chi connectivity index (χ3v) is 5.61. The van der Waals surface area contributed by atoms with Crippen LogP contribution < -0.4 is 5.32 Å². The van der Waals surface area contributed by atoms with Gasteiger partial charge in [0.1, 0.15) is 0 Å². The maximum absolute atomic E-state index is 13.3. The van der Waals surface area contributed by atoms with Crippen molar-refractivity contribution in [3.8, 4) is 0 Å². The zero-order valence-electron chi connectivity index (χ0n) is 16.0. The molecule has 1 aliphatic rings. The third-order valence-electron chi connectivity index (χ3n) is 5.61. The lowest BCUT2D eigenvalue weighted by atomic mass is 9.99. The van der Waals surface area contributed by atoms with Gasteiger partial charge in [0.15, 0.2) is 5.82 Å². The summed E-state index contributed by atoms with van der Waals surface area (Å²) in [4.78, 5) is 17.6. The first-order valence-corrected chi connectivity index (χ1v) is 9.51. The lowest BCUT2D eigenvalue weighted by Gasteiger charge is -2.27. The summed E-state index contributed by atoms with van der Waals surface area (Å²) in [5.74, 6) is 0.448. The van der Waals surface area contributed by atoms with Crippen LogP contribution in [0.4, 0.5) is 23.8 Å². The lowest BCUT2D eigenvalue weighted by molar-refractivity contribution is -0.137. The van der Waals surface area contributed by atoms with Gasteiger partial charge in [-0.05, 0) is 48.7 Å². The van der Waals surface area contributed by atoms with Crippen molar-refractivity contribution in [2.45, 2.75) is 26.1 Å². The van der Waals surface area contributed by atoms with Gasteiger partial charge >= 0.3 is 12.2 Å². The summed E-state index contributed by atoms with van der Waals surface area (Å²) in [5.41, 5.74) is 2.63. The molecular formula is C21H18F3N5O. The van der Waals surface area contributed by atoms with Gasteiger partial charge in [0.25, 0.3) is 0 Å². The number of alkyl halides is 3. The number of carbonyl (C=O) groups is 1. The number of aryl methyl sites for hydroxylation is 1. The summed E-state index contributed by atoms with van der Waals surface area (Å²) < 4.78 is 39.9. The molecule has 0 atom stereocenters. The summed E-state index contributed by atoms with van der Waals surface area (Å²) in [5, 5.41) is 11.2. The Morgan fingerprint density at radius 1 is 1.17 bits per heavy atom. The van der Waals surface area contributed by atoms with Crippen LogP contribution in [0.5, 0.6) is 0 Å². The van der Waals surface area contributed by atoms with Crippen molar-refractivity contribution in [3.05, 3.63) is 58.8 Å². The van der Waals surface area contributed by atoms with E-state index < -0.39 is 11.7 Å². The van der Waals surface area contributed by atoms with E-state index in [1.807, 2.05) is 24.3 Å². The number of benzene rings is 2. The molecule has 5 rings (SSSR count). The van der Waals surface area contributed by atoms with Crippen LogP contribution in [0, 0.1) is 6.92 Å². The highest BCUT2D eigenvalue weighted by Crippen LogP contribution is 2.37. The average molecular weight is 413 g/mol. The second kappa shape index (κ2) is 6.51. The Labute approximate surface area is 169 Å². The van der Waals surface area contributed by atoms with Gasteiger partial charge in [0, 0.05) is 28.5 Å². The van der Waals surface area contributed by atoms with Gasteiger partial charge in [0.05, 0.1) is 17.6 Å². The molecule has 0 fully saturated rings. The molecule has 2 aromatic heterocycles. The maximum Gasteiger partial charge on any atom is 0.416 e. The van der Waals surface area contributed by atoms with E-state index in [1.165, 1.54) is 19.1 Å². The Morgan fingerprint density at radius 2 is 1.97 bits per heavy atom. The Bertz CT molecular complexity index is 1290. The maximum atomic E-state index is 13.3. The molecule has 0 unspecified atom stereocenters. The molecule has 0 radical (unpaired) electrons. The molecule has 30 heavy (non-hydrogen) atoms. The second-order valence-corrected chi connectivity index (χ2v) is 7.51. The first kappa shape index (κ1) is 18.5. The number of aromatic amines is 2. The predicted molar refractivity (Wildman–Crippen MR) is 107 cm³/mol. The van der Waals surface area contributed by atoms with Crippen LogP contribution >= 0.6 is 0 Å². The van der Waals surface area contributed by atoms with Crippen LogP contribution in [0.25, 0.3) is 21.8 Å². The molecule has 4 aromatic rings. The first-order valence-electron chi connectivity index (χ1n) is 9.51. The van der Waals surface area contributed by atoms with Gasteiger partial charge < -0.3 is 9.88 Å². The molecule has 0 saturated heterocycles. The largest absolute Gasteiger partial charge is 0.416 e. The number of hydrogen-bond acceptors (Lipinski definition) is 2. The minimum atomic E-state index is -4.39. The number of aromatic nitrogens is 3. The number of amides is 2. The van der Waals surface area contributed by atoms with E-state index in [-0.39, 0.29) is 11.6 Å². The van der Waals surface area contributed by atoms with Crippen molar-refractivity contribution in [1.29, 1.82) is 0 Å². The van der Waals surface area contributed by atoms with E-state index in [0.29, 0.717) is 36.2 Å². The number of nitrogens with one attached hydrogen (secondary N) is 3. The summed E-state index contributed by atoms with van der Waals surface area (Å²) in [6.45, 7) is 2.15. The lowest BCUT2D eigenvalue weighted by Crippen LogP contribution is -2.38. The monoisotopic (exact) mass is 413 g/mol. The number of nitrogens with zero attached hydrogens (tertiary/aromatic N) is 2. The zero-order valence-corrected chi connectivity index (χ0v) is 16.0. The first-order chi connectivity index (χ1) is 14.3. The molecule has 0 spiro atoms. The van der Waals surface area contributed by atoms with Crippen LogP contribution in [0.2, 0.25) is 0 Å². The number of H-pyrrole nitrogens is 2. The molecule has 6 nitrogen and oxygen atoms in total. The van der Waals surface area contributed by atoms with Gasteiger partial charge in [-0.25, -0.2) is 4.79 Å². The van der Waals surface area contributed by atoms with Crippen molar-refractivity contribution >= 4 is 33.7 Å². The fraction of sp³-hybridized carbons (Fsp3) is 0.238. The fourth-order valence-corrected chi connectivity index (χ4v) is 4.12. The minimum absolute atomic E-state index is 0.175. The molecule has 154 valence electrons. The van der Waals surface area contributed by atoms with E-state index in [0.717, 1.165) is 22.2 Å². The summed E-state index contributed by atoms with van der Waals surface area (Å²) in [6.07, 6.45) is -3.92.